The minimum atomic E-state index is 0. The van der Waals surface area contributed by atoms with Gasteiger partial charge in [0, 0.05) is 5.25 Å². The van der Waals surface area contributed by atoms with E-state index in [1.165, 1.54) is 43.4 Å². The van der Waals surface area contributed by atoms with Crippen molar-refractivity contribution in [1.82, 2.24) is 0 Å². The van der Waals surface area contributed by atoms with Crippen LogP contribution in [0.25, 0.3) is 0 Å². The molecular weight excluding hydrogens is 292 g/mol. The van der Waals surface area contributed by atoms with E-state index < -0.39 is 0 Å². The van der Waals surface area contributed by atoms with Crippen LogP contribution < -0.4 is 17.0 Å². The molecule has 16 heavy (non-hydrogen) atoms. The fourth-order valence-corrected chi connectivity index (χ4v) is 3.25. The number of benzene rings is 1. The number of hydrogen-bond donors (Lipinski definition) is 0. The summed E-state index contributed by atoms with van der Waals surface area (Å²) in [7, 11) is 0. The van der Waals surface area contributed by atoms with E-state index in [2.05, 4.69) is 30.0 Å². The largest absolute Gasteiger partial charge is 2.00 e. The van der Waals surface area contributed by atoms with Gasteiger partial charge in [-0.25, -0.2) is 0 Å². The minimum Gasteiger partial charge on any atom is -1.00 e. The molecule has 0 unspecified atom stereocenters. The maximum absolute atomic E-state index is 3.07. The van der Waals surface area contributed by atoms with Gasteiger partial charge < -0.3 is 17.0 Å². The molecule has 0 aliphatic heterocycles. The summed E-state index contributed by atoms with van der Waals surface area (Å²) in [5.41, 5.74) is 0. The van der Waals surface area contributed by atoms with Crippen molar-refractivity contribution in [3.63, 3.8) is 0 Å². The molecule has 0 amide bonds. The van der Waals surface area contributed by atoms with Gasteiger partial charge in [0.15, 0.2) is 0 Å². The summed E-state index contributed by atoms with van der Waals surface area (Å²) >= 11 is 2.06. The Labute approximate surface area is 130 Å². The van der Waals surface area contributed by atoms with E-state index in [0.29, 0.717) is 0 Å². The molecule has 1 saturated carbocycles. The third-order valence-electron chi connectivity index (χ3n) is 2.79. The molecule has 0 saturated heterocycles. The Morgan fingerprint density at radius 1 is 1.00 bits per heavy atom. The van der Waals surface area contributed by atoms with Crippen LogP contribution in [0.5, 0.6) is 0 Å². The molecule has 0 nitrogen and oxygen atoms in total. The van der Waals surface area contributed by atoms with E-state index in [4.69, 9.17) is 0 Å². The van der Waals surface area contributed by atoms with Gasteiger partial charge in [0.05, 0.1) is 0 Å². The van der Waals surface area contributed by atoms with Crippen molar-refractivity contribution >= 4 is 34.8 Å². The zero-order chi connectivity index (χ0) is 9.64. The molecule has 0 heterocycles. The van der Waals surface area contributed by atoms with Crippen LogP contribution in [0.3, 0.4) is 0 Å². The molecule has 1 aromatic carbocycles. The molecule has 0 aromatic heterocycles. The van der Waals surface area contributed by atoms with E-state index in [-0.39, 0.29) is 40.0 Å². The van der Waals surface area contributed by atoms with Crippen molar-refractivity contribution in [1.29, 1.82) is 0 Å². The summed E-state index contributed by atoms with van der Waals surface area (Å²) < 4.78 is 0. The Bertz CT molecular complexity index is 258. The Balaban J connectivity index is 0.00000112. The smallest absolute Gasteiger partial charge is 1.00 e. The standard InChI is InChI=1S/C13H17S.BrH.Mg/c1-2-5-9-12(8-4-1)14-13-10-6-3-7-11-13;;/h6-7,10-12H,1-2,4-5,8-9H2;1H;/q-1;;+2/p-1. The van der Waals surface area contributed by atoms with Gasteiger partial charge in [-0.2, -0.15) is 30.3 Å². The molecule has 1 aliphatic rings. The maximum Gasteiger partial charge on any atom is 2.00 e. The molecule has 0 bridgehead atoms. The number of halogens is 1. The monoisotopic (exact) mass is 308 g/mol. The van der Waals surface area contributed by atoms with Gasteiger partial charge in [-0.15, -0.1) is 16.7 Å². The zero-order valence-electron chi connectivity index (χ0n) is 9.62. The molecule has 84 valence electrons. The Hall–Kier alpha value is 0.816. The molecule has 0 spiro atoms. The quantitative estimate of drug-likeness (QED) is 0.445. The Kier molecular flexibility index (Phi) is 10.3. The average Bonchev–Trinajstić information content (AvgIpc) is 2.48. The first kappa shape index (κ1) is 16.8. The summed E-state index contributed by atoms with van der Waals surface area (Å²) in [6, 6.07) is 11.4. The summed E-state index contributed by atoms with van der Waals surface area (Å²) in [5, 5.41) is 0.861. The van der Waals surface area contributed by atoms with Crippen LogP contribution in [0.2, 0.25) is 0 Å². The van der Waals surface area contributed by atoms with Crippen LogP contribution in [-0.2, 0) is 0 Å². The molecule has 3 heteroatoms. The van der Waals surface area contributed by atoms with E-state index >= 15 is 0 Å². The minimum absolute atomic E-state index is 0. The maximum atomic E-state index is 3.07. The van der Waals surface area contributed by atoms with Crippen LogP contribution in [0.15, 0.2) is 29.2 Å². The van der Waals surface area contributed by atoms with Gasteiger partial charge in [-0.05, 0) is 12.8 Å². The number of rotatable bonds is 2. The van der Waals surface area contributed by atoms with Crippen molar-refractivity contribution in [3.8, 4) is 0 Å². The summed E-state index contributed by atoms with van der Waals surface area (Å²) in [5.74, 6) is 0. The van der Waals surface area contributed by atoms with E-state index in [9.17, 15) is 0 Å². The van der Waals surface area contributed by atoms with Gasteiger partial charge >= 0.3 is 23.1 Å². The van der Waals surface area contributed by atoms with Gasteiger partial charge in [-0.1, -0.05) is 25.7 Å². The Morgan fingerprint density at radius 2 is 1.56 bits per heavy atom. The molecule has 0 radical (unpaired) electrons. The Morgan fingerprint density at radius 3 is 2.12 bits per heavy atom. The normalized spacial score (nSPS) is 16.8. The van der Waals surface area contributed by atoms with E-state index in [0.717, 1.165) is 5.25 Å². The summed E-state index contributed by atoms with van der Waals surface area (Å²) in [6.07, 6.45) is 8.55. The molecular formula is C13H17BrMgS. The molecule has 1 fully saturated rings. The topological polar surface area (TPSA) is 0 Å². The third-order valence-corrected chi connectivity index (χ3v) is 4.14. The molecule has 0 N–H and O–H groups in total. The number of hydrogen-bond acceptors (Lipinski definition) is 1. The van der Waals surface area contributed by atoms with Crippen molar-refractivity contribution in [2.24, 2.45) is 0 Å². The van der Waals surface area contributed by atoms with Crippen LogP contribution in [0.1, 0.15) is 38.5 Å². The second-order valence-corrected chi connectivity index (χ2v) is 5.34. The second kappa shape index (κ2) is 9.81. The van der Waals surface area contributed by atoms with Crippen molar-refractivity contribution in [2.75, 3.05) is 0 Å². The molecule has 1 aromatic rings. The van der Waals surface area contributed by atoms with Crippen LogP contribution >= 0.6 is 11.8 Å². The first-order chi connectivity index (χ1) is 6.95. The van der Waals surface area contributed by atoms with Gasteiger partial charge in [0.2, 0.25) is 0 Å². The van der Waals surface area contributed by atoms with Crippen molar-refractivity contribution in [3.05, 3.63) is 30.3 Å². The first-order valence-corrected chi connectivity index (χ1v) is 6.46. The summed E-state index contributed by atoms with van der Waals surface area (Å²) in [4.78, 5) is 1.41. The second-order valence-electron chi connectivity index (χ2n) is 3.97. The van der Waals surface area contributed by atoms with E-state index in [1.807, 2.05) is 12.1 Å². The van der Waals surface area contributed by atoms with Gasteiger partial charge in [0.1, 0.15) is 0 Å². The predicted octanol–water partition coefficient (Wildman–Crippen LogP) is 0.925. The number of thioether (sulfide) groups is 1. The van der Waals surface area contributed by atoms with Gasteiger partial charge in [0.25, 0.3) is 0 Å². The van der Waals surface area contributed by atoms with Crippen LogP contribution in [0.4, 0.5) is 0 Å². The fourth-order valence-electron chi connectivity index (χ4n) is 2.00. The van der Waals surface area contributed by atoms with Crippen LogP contribution in [-0.4, -0.2) is 28.3 Å². The fraction of sp³-hybridized carbons (Fsp3) is 0.538. The van der Waals surface area contributed by atoms with Crippen molar-refractivity contribution in [2.45, 2.75) is 48.7 Å². The zero-order valence-corrected chi connectivity index (χ0v) is 13.4. The van der Waals surface area contributed by atoms with Gasteiger partial charge in [-0.3, -0.25) is 0 Å². The predicted molar refractivity (Wildman–Crippen MR) is 68.4 cm³/mol. The van der Waals surface area contributed by atoms with Crippen LogP contribution in [0, 0.1) is 6.07 Å². The van der Waals surface area contributed by atoms with Crippen molar-refractivity contribution < 1.29 is 17.0 Å². The average molecular weight is 310 g/mol. The third kappa shape index (κ3) is 5.94. The molecule has 2 rings (SSSR count). The summed E-state index contributed by atoms with van der Waals surface area (Å²) in [6.45, 7) is 0. The SMILES string of the molecule is [Br-].[Mg+2].[c-]1ccc(SC2CCCCCC2)cc1. The molecule has 1 aliphatic carbocycles. The molecule has 0 atom stereocenters. The first-order valence-electron chi connectivity index (χ1n) is 5.58. The van der Waals surface area contributed by atoms with E-state index in [1.54, 1.807) is 0 Å².